The predicted octanol–water partition coefficient (Wildman–Crippen LogP) is 1.90. The van der Waals surface area contributed by atoms with E-state index in [0.29, 0.717) is 6.54 Å². The molecule has 3 nitrogen and oxygen atoms in total. The van der Waals surface area contributed by atoms with Gasteiger partial charge in [-0.15, -0.1) is 0 Å². The fourth-order valence-electron chi connectivity index (χ4n) is 1.44. The van der Waals surface area contributed by atoms with E-state index in [1.807, 2.05) is 17.7 Å². The molecular weight excluding hydrogens is 210 g/mol. The lowest BCUT2D eigenvalue weighted by Crippen LogP contribution is -2.39. The van der Waals surface area contributed by atoms with E-state index in [0.717, 1.165) is 11.1 Å². The molecule has 0 bridgehead atoms. The normalized spacial score (nSPS) is 11.5. The monoisotopic (exact) mass is 227 g/mol. The Morgan fingerprint density at radius 1 is 1.53 bits per heavy atom. The van der Waals surface area contributed by atoms with Crippen molar-refractivity contribution >= 4 is 17.2 Å². The summed E-state index contributed by atoms with van der Waals surface area (Å²) in [5.74, 6) is -0.0316. The maximum atomic E-state index is 11.9. The molecule has 1 N–H and O–H groups in total. The molecule has 0 unspecified atom stereocenters. The molecule has 1 aromatic rings. The van der Waals surface area contributed by atoms with E-state index in [2.05, 4.69) is 0 Å². The fraction of sp³-hybridized carbons (Fsp3) is 0.545. The molecule has 1 rings (SSSR count). The van der Waals surface area contributed by atoms with Gasteiger partial charge in [0.05, 0.1) is 11.2 Å². The number of rotatable bonds is 3. The Labute approximate surface area is 94.3 Å². The molecular formula is C11H17NO2S. The smallest absolute Gasteiger partial charge is 0.254 e. The third-order valence-corrected chi connectivity index (χ3v) is 2.92. The molecule has 15 heavy (non-hydrogen) atoms. The first kappa shape index (κ1) is 12.2. The molecule has 0 aliphatic heterocycles. The van der Waals surface area contributed by atoms with Gasteiger partial charge < -0.3 is 10.0 Å². The Balaban J connectivity index is 2.74. The zero-order chi connectivity index (χ0) is 11.6. The van der Waals surface area contributed by atoms with Crippen molar-refractivity contribution in [2.24, 2.45) is 0 Å². The van der Waals surface area contributed by atoms with Crippen LogP contribution in [0.15, 0.2) is 10.8 Å². The van der Waals surface area contributed by atoms with E-state index < -0.39 is 5.60 Å². The molecule has 0 aromatic carbocycles. The minimum absolute atomic E-state index is 0.0316. The average molecular weight is 227 g/mol. The van der Waals surface area contributed by atoms with Crippen LogP contribution in [0, 0.1) is 6.92 Å². The van der Waals surface area contributed by atoms with Gasteiger partial charge in [0.2, 0.25) is 0 Å². The van der Waals surface area contributed by atoms with E-state index in [-0.39, 0.29) is 5.91 Å². The van der Waals surface area contributed by atoms with Crippen LogP contribution in [0.25, 0.3) is 0 Å². The van der Waals surface area contributed by atoms with Gasteiger partial charge in [-0.3, -0.25) is 4.79 Å². The standard InChI is InChI=1S/C11H17NO2S/c1-8-5-15-6-9(8)10(13)12(4)7-11(2,3)14/h5-6,14H,7H2,1-4H3. The fourth-order valence-corrected chi connectivity index (χ4v) is 2.26. The largest absolute Gasteiger partial charge is 0.389 e. The summed E-state index contributed by atoms with van der Waals surface area (Å²) in [4.78, 5) is 13.5. The quantitative estimate of drug-likeness (QED) is 0.856. The van der Waals surface area contributed by atoms with Crippen LogP contribution in [0.1, 0.15) is 29.8 Å². The molecule has 0 saturated carbocycles. The van der Waals surface area contributed by atoms with Crippen molar-refractivity contribution < 1.29 is 9.90 Å². The van der Waals surface area contributed by atoms with Crippen LogP contribution < -0.4 is 0 Å². The van der Waals surface area contributed by atoms with Gasteiger partial charge >= 0.3 is 0 Å². The topological polar surface area (TPSA) is 40.5 Å². The second-order valence-electron chi connectivity index (χ2n) is 4.44. The maximum Gasteiger partial charge on any atom is 0.254 e. The van der Waals surface area contributed by atoms with Crippen LogP contribution in [0.5, 0.6) is 0 Å². The van der Waals surface area contributed by atoms with Crippen molar-refractivity contribution in [2.75, 3.05) is 13.6 Å². The molecule has 0 radical (unpaired) electrons. The Hall–Kier alpha value is -0.870. The molecule has 84 valence electrons. The minimum atomic E-state index is -0.853. The summed E-state index contributed by atoms with van der Waals surface area (Å²) in [7, 11) is 1.71. The number of hydrogen-bond acceptors (Lipinski definition) is 3. The number of likely N-dealkylation sites (N-methyl/N-ethyl adjacent to an activating group) is 1. The average Bonchev–Trinajstić information content (AvgIpc) is 2.47. The molecule has 0 atom stereocenters. The van der Waals surface area contributed by atoms with E-state index in [9.17, 15) is 9.90 Å². The van der Waals surface area contributed by atoms with Gasteiger partial charge in [0.15, 0.2) is 0 Å². The molecule has 0 spiro atoms. The van der Waals surface area contributed by atoms with Gasteiger partial charge in [-0.25, -0.2) is 0 Å². The summed E-state index contributed by atoms with van der Waals surface area (Å²) in [6.45, 7) is 5.64. The first-order chi connectivity index (χ1) is 6.81. The third kappa shape index (κ3) is 3.32. The molecule has 4 heteroatoms. The Bertz CT molecular complexity index is 352. The predicted molar refractivity (Wildman–Crippen MR) is 62.3 cm³/mol. The summed E-state index contributed by atoms with van der Waals surface area (Å²) in [5, 5.41) is 13.4. The zero-order valence-corrected chi connectivity index (χ0v) is 10.4. The van der Waals surface area contributed by atoms with Crippen LogP contribution in [-0.4, -0.2) is 35.1 Å². The summed E-state index contributed by atoms with van der Waals surface area (Å²) < 4.78 is 0. The van der Waals surface area contributed by atoms with Crippen LogP contribution in [0.4, 0.5) is 0 Å². The number of hydrogen-bond donors (Lipinski definition) is 1. The minimum Gasteiger partial charge on any atom is -0.389 e. The molecule has 0 aliphatic rings. The van der Waals surface area contributed by atoms with Crippen molar-refractivity contribution in [3.63, 3.8) is 0 Å². The Kier molecular flexibility index (Phi) is 3.52. The van der Waals surface area contributed by atoms with Gasteiger partial charge in [-0.1, -0.05) is 0 Å². The van der Waals surface area contributed by atoms with E-state index in [1.165, 1.54) is 11.3 Å². The number of carbonyl (C=O) groups is 1. The van der Waals surface area contributed by atoms with Crippen LogP contribution in [0.2, 0.25) is 0 Å². The van der Waals surface area contributed by atoms with Gasteiger partial charge in [-0.05, 0) is 31.7 Å². The lowest BCUT2D eigenvalue weighted by Gasteiger charge is -2.25. The van der Waals surface area contributed by atoms with Crippen molar-refractivity contribution in [1.29, 1.82) is 0 Å². The molecule has 0 fully saturated rings. The Morgan fingerprint density at radius 3 is 2.53 bits per heavy atom. The number of nitrogens with zero attached hydrogens (tertiary/aromatic N) is 1. The SMILES string of the molecule is Cc1cscc1C(=O)N(C)CC(C)(C)O. The third-order valence-electron chi connectivity index (χ3n) is 2.06. The number of aryl methyl sites for hydroxylation is 1. The second kappa shape index (κ2) is 4.33. The lowest BCUT2D eigenvalue weighted by molar-refractivity contribution is 0.0368. The van der Waals surface area contributed by atoms with Crippen LogP contribution >= 0.6 is 11.3 Å². The first-order valence-electron chi connectivity index (χ1n) is 4.82. The molecule has 1 aromatic heterocycles. The first-order valence-corrected chi connectivity index (χ1v) is 5.76. The van der Waals surface area contributed by atoms with Gasteiger partial charge in [0.1, 0.15) is 0 Å². The highest BCUT2D eigenvalue weighted by atomic mass is 32.1. The highest BCUT2D eigenvalue weighted by Gasteiger charge is 2.21. The number of thiophene rings is 1. The van der Waals surface area contributed by atoms with Gasteiger partial charge in [0, 0.05) is 19.0 Å². The molecule has 0 saturated heterocycles. The number of carbonyl (C=O) groups excluding carboxylic acids is 1. The Morgan fingerprint density at radius 2 is 2.13 bits per heavy atom. The van der Waals surface area contributed by atoms with Crippen LogP contribution in [-0.2, 0) is 0 Å². The van der Waals surface area contributed by atoms with Gasteiger partial charge in [0.25, 0.3) is 5.91 Å². The van der Waals surface area contributed by atoms with Crippen molar-refractivity contribution in [1.82, 2.24) is 4.90 Å². The molecule has 1 amide bonds. The highest BCUT2D eigenvalue weighted by molar-refractivity contribution is 7.08. The summed E-state index contributed by atoms with van der Waals surface area (Å²) in [5.41, 5.74) is 0.869. The number of amides is 1. The summed E-state index contributed by atoms with van der Waals surface area (Å²) >= 11 is 1.52. The molecule has 0 aliphatic carbocycles. The number of aliphatic hydroxyl groups is 1. The zero-order valence-electron chi connectivity index (χ0n) is 9.57. The second-order valence-corrected chi connectivity index (χ2v) is 5.19. The molecule has 1 heterocycles. The van der Waals surface area contributed by atoms with Crippen molar-refractivity contribution in [2.45, 2.75) is 26.4 Å². The van der Waals surface area contributed by atoms with Gasteiger partial charge in [-0.2, -0.15) is 11.3 Å². The van der Waals surface area contributed by atoms with E-state index in [1.54, 1.807) is 25.8 Å². The van der Waals surface area contributed by atoms with Crippen LogP contribution in [0.3, 0.4) is 0 Å². The van der Waals surface area contributed by atoms with Crippen molar-refractivity contribution in [3.05, 3.63) is 21.9 Å². The summed E-state index contributed by atoms with van der Waals surface area (Å²) in [6.07, 6.45) is 0. The maximum absolute atomic E-state index is 11.9. The highest BCUT2D eigenvalue weighted by Crippen LogP contribution is 2.16. The lowest BCUT2D eigenvalue weighted by atomic mass is 10.1. The van der Waals surface area contributed by atoms with E-state index in [4.69, 9.17) is 0 Å². The van der Waals surface area contributed by atoms with Crippen molar-refractivity contribution in [3.8, 4) is 0 Å². The van der Waals surface area contributed by atoms with E-state index >= 15 is 0 Å². The summed E-state index contributed by atoms with van der Waals surface area (Å²) in [6, 6.07) is 0.